The number of carbonyl (C=O) groups is 2. The molecule has 4 aliphatic rings. The lowest BCUT2D eigenvalue weighted by atomic mass is 9.50. The van der Waals surface area contributed by atoms with Crippen LogP contribution in [0.1, 0.15) is 51.9 Å². The Kier molecular flexibility index (Phi) is 3.29. The SMILES string of the molecule is C[C@]12CC=C3[C@@H](CC=C4CC(=O)CC[C@@]43C(F)(F)F)[C@@]1(O)CCC2=O. The molecule has 0 spiro atoms. The second kappa shape index (κ2) is 4.84. The molecule has 136 valence electrons. The van der Waals surface area contributed by atoms with Crippen LogP contribution in [0.25, 0.3) is 0 Å². The van der Waals surface area contributed by atoms with Crippen LogP contribution in [0.15, 0.2) is 23.3 Å². The third-order valence-corrected chi connectivity index (χ3v) is 7.28. The van der Waals surface area contributed by atoms with E-state index in [4.69, 9.17) is 0 Å². The number of hydrogen-bond acceptors (Lipinski definition) is 3. The van der Waals surface area contributed by atoms with Crippen molar-refractivity contribution in [2.75, 3.05) is 0 Å². The number of rotatable bonds is 0. The normalized spacial score (nSPS) is 43.8. The van der Waals surface area contributed by atoms with Crippen molar-refractivity contribution in [2.45, 2.75) is 63.6 Å². The molecule has 0 bridgehead atoms. The fraction of sp³-hybridized carbons (Fsp3) is 0.684. The summed E-state index contributed by atoms with van der Waals surface area (Å²) in [6, 6.07) is 0. The van der Waals surface area contributed by atoms with Crippen molar-refractivity contribution in [3.05, 3.63) is 23.3 Å². The van der Waals surface area contributed by atoms with Crippen LogP contribution in [0.4, 0.5) is 13.2 Å². The lowest BCUT2D eigenvalue weighted by molar-refractivity contribution is -0.212. The van der Waals surface area contributed by atoms with Crippen molar-refractivity contribution < 1.29 is 27.9 Å². The van der Waals surface area contributed by atoms with Crippen molar-refractivity contribution in [1.29, 1.82) is 0 Å². The fourth-order valence-electron chi connectivity index (χ4n) is 5.72. The van der Waals surface area contributed by atoms with E-state index in [2.05, 4.69) is 0 Å². The molecule has 0 heterocycles. The van der Waals surface area contributed by atoms with E-state index in [1.165, 1.54) is 6.08 Å². The molecule has 0 radical (unpaired) electrons. The van der Waals surface area contributed by atoms with Gasteiger partial charge in [0.25, 0.3) is 0 Å². The predicted molar refractivity (Wildman–Crippen MR) is 83.5 cm³/mol. The summed E-state index contributed by atoms with van der Waals surface area (Å²) in [5.41, 5.74) is -4.26. The molecular formula is C19H21F3O3. The third kappa shape index (κ3) is 1.86. The molecule has 0 unspecified atom stereocenters. The molecule has 0 aromatic carbocycles. The van der Waals surface area contributed by atoms with Crippen molar-refractivity contribution >= 4 is 11.6 Å². The van der Waals surface area contributed by atoms with Gasteiger partial charge in [0.1, 0.15) is 17.0 Å². The maximum atomic E-state index is 14.3. The summed E-state index contributed by atoms with van der Waals surface area (Å²) in [6.45, 7) is 1.68. The molecule has 6 heteroatoms. The van der Waals surface area contributed by atoms with Gasteiger partial charge in [-0.05, 0) is 43.8 Å². The van der Waals surface area contributed by atoms with Crippen LogP contribution in [0.5, 0.6) is 0 Å². The minimum absolute atomic E-state index is 0.0695. The second-order valence-corrected chi connectivity index (χ2v) is 8.18. The summed E-state index contributed by atoms with van der Waals surface area (Å²) in [6.07, 6.45) is -1.20. The Morgan fingerprint density at radius 3 is 2.56 bits per heavy atom. The van der Waals surface area contributed by atoms with Crippen LogP contribution in [0.3, 0.4) is 0 Å². The summed E-state index contributed by atoms with van der Waals surface area (Å²) in [5.74, 6) is -0.947. The first kappa shape index (κ1) is 17.0. The molecule has 4 atom stereocenters. The van der Waals surface area contributed by atoms with E-state index in [1.807, 2.05) is 0 Å². The van der Waals surface area contributed by atoms with E-state index in [-0.39, 0.29) is 67.7 Å². The Labute approximate surface area is 144 Å². The van der Waals surface area contributed by atoms with Gasteiger partial charge in [0.15, 0.2) is 0 Å². The van der Waals surface area contributed by atoms with E-state index < -0.39 is 28.5 Å². The average Bonchev–Trinajstić information content (AvgIpc) is 2.77. The van der Waals surface area contributed by atoms with E-state index >= 15 is 0 Å². The van der Waals surface area contributed by atoms with Gasteiger partial charge < -0.3 is 5.11 Å². The number of Topliss-reactive ketones (excluding diaryl/α,β-unsaturated/α-hetero) is 2. The van der Waals surface area contributed by atoms with Gasteiger partial charge in [0, 0.05) is 25.2 Å². The summed E-state index contributed by atoms with van der Waals surface area (Å²) >= 11 is 0. The highest BCUT2D eigenvalue weighted by Crippen LogP contribution is 2.67. The first-order valence-corrected chi connectivity index (χ1v) is 8.80. The number of ketones is 2. The van der Waals surface area contributed by atoms with Crippen molar-refractivity contribution in [1.82, 2.24) is 0 Å². The summed E-state index contributed by atoms with van der Waals surface area (Å²) in [5, 5.41) is 11.3. The highest BCUT2D eigenvalue weighted by molar-refractivity contribution is 5.89. The summed E-state index contributed by atoms with van der Waals surface area (Å²) in [7, 11) is 0. The zero-order chi connectivity index (χ0) is 18.3. The minimum Gasteiger partial charge on any atom is -0.388 e. The summed E-state index contributed by atoms with van der Waals surface area (Å²) < 4.78 is 42.8. The van der Waals surface area contributed by atoms with E-state index in [0.717, 1.165) is 0 Å². The van der Waals surface area contributed by atoms with E-state index in [1.54, 1.807) is 13.0 Å². The van der Waals surface area contributed by atoms with Gasteiger partial charge in [-0.25, -0.2) is 0 Å². The molecule has 0 aromatic rings. The molecule has 4 aliphatic carbocycles. The Balaban J connectivity index is 1.91. The lowest BCUT2D eigenvalue weighted by Gasteiger charge is -2.56. The Morgan fingerprint density at radius 2 is 1.88 bits per heavy atom. The molecule has 3 nitrogen and oxygen atoms in total. The zero-order valence-electron chi connectivity index (χ0n) is 14.1. The molecule has 0 saturated heterocycles. The number of halogens is 3. The number of aliphatic hydroxyl groups is 1. The quantitative estimate of drug-likeness (QED) is 0.676. The van der Waals surface area contributed by atoms with E-state index in [0.29, 0.717) is 0 Å². The first-order valence-electron chi connectivity index (χ1n) is 8.80. The highest BCUT2D eigenvalue weighted by Gasteiger charge is 2.69. The number of alkyl halides is 3. The zero-order valence-corrected chi connectivity index (χ0v) is 14.1. The Hall–Kier alpha value is -1.43. The number of fused-ring (bicyclic) bond motifs is 5. The molecule has 0 aliphatic heterocycles. The van der Waals surface area contributed by atoms with Gasteiger partial charge in [-0.15, -0.1) is 0 Å². The monoisotopic (exact) mass is 354 g/mol. The van der Waals surface area contributed by atoms with Crippen LogP contribution in [-0.4, -0.2) is 28.5 Å². The minimum atomic E-state index is -4.52. The van der Waals surface area contributed by atoms with Crippen LogP contribution in [0.2, 0.25) is 0 Å². The third-order valence-electron chi connectivity index (χ3n) is 7.28. The predicted octanol–water partition coefficient (Wildman–Crippen LogP) is 3.66. The molecule has 2 fully saturated rings. The molecule has 2 saturated carbocycles. The highest BCUT2D eigenvalue weighted by atomic mass is 19.4. The number of carbonyl (C=O) groups excluding carboxylic acids is 2. The first-order chi connectivity index (χ1) is 11.6. The smallest absolute Gasteiger partial charge is 0.388 e. The van der Waals surface area contributed by atoms with Crippen LogP contribution >= 0.6 is 0 Å². The van der Waals surface area contributed by atoms with Gasteiger partial charge in [0.2, 0.25) is 0 Å². The van der Waals surface area contributed by atoms with Crippen LogP contribution in [0, 0.1) is 16.7 Å². The lowest BCUT2D eigenvalue weighted by Crippen LogP contribution is -2.59. The Morgan fingerprint density at radius 1 is 1.16 bits per heavy atom. The van der Waals surface area contributed by atoms with Crippen LogP contribution < -0.4 is 0 Å². The van der Waals surface area contributed by atoms with Gasteiger partial charge in [-0.3, -0.25) is 9.59 Å². The van der Waals surface area contributed by atoms with Crippen molar-refractivity contribution in [3.63, 3.8) is 0 Å². The van der Waals surface area contributed by atoms with Gasteiger partial charge in [-0.1, -0.05) is 12.2 Å². The Bertz CT molecular complexity index is 735. The van der Waals surface area contributed by atoms with Crippen molar-refractivity contribution in [2.24, 2.45) is 16.7 Å². The number of allylic oxidation sites excluding steroid dienone is 3. The average molecular weight is 354 g/mol. The van der Waals surface area contributed by atoms with E-state index in [9.17, 15) is 27.9 Å². The van der Waals surface area contributed by atoms with Gasteiger partial charge >= 0.3 is 6.18 Å². The molecule has 1 N–H and O–H groups in total. The standard InChI is InChI=1S/C19H21F3O3/c1-16-7-5-13-14(18(16,25)9-6-15(16)24)3-2-11-10-12(23)4-8-17(11,13)19(20,21)22/h2,5,14,25H,3-4,6-10H2,1H3/t14-,16-,17-,18+/m1/s1. The second-order valence-electron chi connectivity index (χ2n) is 8.18. The maximum Gasteiger partial charge on any atom is 0.401 e. The largest absolute Gasteiger partial charge is 0.401 e. The van der Waals surface area contributed by atoms with Gasteiger partial charge in [-0.2, -0.15) is 13.2 Å². The van der Waals surface area contributed by atoms with Crippen molar-refractivity contribution in [3.8, 4) is 0 Å². The van der Waals surface area contributed by atoms with Gasteiger partial charge in [0.05, 0.1) is 11.0 Å². The molecule has 4 rings (SSSR count). The van der Waals surface area contributed by atoms with Crippen LogP contribution in [-0.2, 0) is 9.59 Å². The summed E-state index contributed by atoms with van der Waals surface area (Å²) in [4.78, 5) is 24.1. The number of hydrogen-bond donors (Lipinski definition) is 1. The molecule has 0 amide bonds. The molecule has 25 heavy (non-hydrogen) atoms. The maximum absolute atomic E-state index is 14.3. The fourth-order valence-corrected chi connectivity index (χ4v) is 5.72. The topological polar surface area (TPSA) is 54.4 Å². The molecular weight excluding hydrogens is 333 g/mol. The molecule has 0 aromatic heterocycles.